The number of rotatable bonds is 5. The highest BCUT2D eigenvalue weighted by atomic mass is 16.1. The maximum absolute atomic E-state index is 11.2. The predicted octanol–water partition coefficient (Wildman–Crippen LogP) is 1.67. The summed E-state index contributed by atoms with van der Waals surface area (Å²) in [6, 6.07) is 0. The zero-order valence-electron chi connectivity index (χ0n) is 10.0. The molecule has 0 aromatic rings. The van der Waals surface area contributed by atoms with Gasteiger partial charge in [0.25, 0.3) is 0 Å². The van der Waals surface area contributed by atoms with Crippen molar-refractivity contribution in [2.24, 2.45) is 17.1 Å². The average Bonchev–Trinajstić information content (AvgIpc) is 2.62. The van der Waals surface area contributed by atoms with E-state index in [0.717, 1.165) is 6.54 Å². The van der Waals surface area contributed by atoms with Crippen LogP contribution in [0.3, 0.4) is 0 Å². The van der Waals surface area contributed by atoms with Gasteiger partial charge in [0.05, 0.1) is 6.54 Å². The molecule has 0 unspecified atom stereocenters. The van der Waals surface area contributed by atoms with E-state index in [1.807, 2.05) is 0 Å². The molecule has 3 N–H and O–H groups in total. The Hall–Kier alpha value is -0.570. The van der Waals surface area contributed by atoms with Gasteiger partial charge in [0, 0.05) is 6.54 Å². The lowest BCUT2D eigenvalue weighted by atomic mass is 9.78. The third kappa shape index (κ3) is 3.82. The number of hydrogen-bond acceptors (Lipinski definition) is 2. The molecule has 1 aliphatic carbocycles. The highest BCUT2D eigenvalue weighted by Crippen LogP contribution is 2.42. The minimum absolute atomic E-state index is 0.0231. The molecule has 0 aliphatic heterocycles. The van der Waals surface area contributed by atoms with Gasteiger partial charge in [0.1, 0.15) is 0 Å². The molecular weight excluding hydrogens is 188 g/mol. The SMILES string of the molecule is CC(C)CC1(CNC(=O)CN)CCCC1. The van der Waals surface area contributed by atoms with Crippen molar-refractivity contribution in [3.63, 3.8) is 0 Å². The Morgan fingerprint density at radius 3 is 2.47 bits per heavy atom. The molecule has 0 atom stereocenters. The lowest BCUT2D eigenvalue weighted by molar-refractivity contribution is -0.120. The fraction of sp³-hybridized carbons (Fsp3) is 0.917. The Balaban J connectivity index is 2.46. The maximum Gasteiger partial charge on any atom is 0.233 e. The smallest absolute Gasteiger partial charge is 0.233 e. The van der Waals surface area contributed by atoms with Crippen LogP contribution in [0.2, 0.25) is 0 Å². The molecule has 1 amide bonds. The number of carbonyl (C=O) groups is 1. The quantitative estimate of drug-likeness (QED) is 0.728. The van der Waals surface area contributed by atoms with E-state index in [1.54, 1.807) is 0 Å². The lowest BCUT2D eigenvalue weighted by Gasteiger charge is -2.31. The number of carbonyl (C=O) groups excluding carboxylic acids is 1. The highest BCUT2D eigenvalue weighted by molar-refractivity contribution is 5.77. The van der Waals surface area contributed by atoms with Crippen molar-refractivity contribution < 1.29 is 4.79 Å². The first kappa shape index (κ1) is 12.5. The van der Waals surface area contributed by atoms with Crippen LogP contribution in [0.1, 0.15) is 46.0 Å². The summed E-state index contributed by atoms with van der Waals surface area (Å²) in [6.45, 7) is 5.44. The zero-order chi connectivity index (χ0) is 11.3. The molecule has 0 saturated heterocycles. The minimum atomic E-state index is -0.0231. The van der Waals surface area contributed by atoms with Crippen LogP contribution in [-0.4, -0.2) is 19.0 Å². The molecule has 3 nitrogen and oxygen atoms in total. The maximum atomic E-state index is 11.2. The second kappa shape index (κ2) is 5.50. The Bertz CT molecular complexity index is 208. The first-order valence-electron chi connectivity index (χ1n) is 6.05. The summed E-state index contributed by atoms with van der Waals surface area (Å²) in [6.07, 6.45) is 6.36. The molecule has 1 fully saturated rings. The van der Waals surface area contributed by atoms with Crippen molar-refractivity contribution >= 4 is 5.91 Å². The number of hydrogen-bond donors (Lipinski definition) is 2. The van der Waals surface area contributed by atoms with E-state index in [2.05, 4.69) is 19.2 Å². The van der Waals surface area contributed by atoms with Crippen LogP contribution in [0.4, 0.5) is 0 Å². The second-order valence-corrected chi connectivity index (χ2v) is 5.29. The monoisotopic (exact) mass is 212 g/mol. The molecule has 1 aliphatic rings. The van der Waals surface area contributed by atoms with Gasteiger partial charge >= 0.3 is 0 Å². The van der Waals surface area contributed by atoms with Crippen molar-refractivity contribution in [1.82, 2.24) is 5.32 Å². The van der Waals surface area contributed by atoms with Crippen molar-refractivity contribution in [2.75, 3.05) is 13.1 Å². The fourth-order valence-electron chi connectivity index (χ4n) is 2.80. The van der Waals surface area contributed by atoms with Gasteiger partial charge in [-0.3, -0.25) is 4.79 Å². The van der Waals surface area contributed by atoms with Crippen molar-refractivity contribution in [3.8, 4) is 0 Å². The molecule has 0 aromatic carbocycles. The van der Waals surface area contributed by atoms with Gasteiger partial charge in [-0.25, -0.2) is 0 Å². The normalized spacial score (nSPS) is 19.5. The van der Waals surface area contributed by atoms with Crippen molar-refractivity contribution in [1.29, 1.82) is 0 Å². The van der Waals surface area contributed by atoms with Gasteiger partial charge in [-0.05, 0) is 30.6 Å². The van der Waals surface area contributed by atoms with E-state index < -0.39 is 0 Å². The summed E-state index contributed by atoms with van der Waals surface area (Å²) in [7, 11) is 0. The molecule has 15 heavy (non-hydrogen) atoms. The first-order chi connectivity index (χ1) is 7.08. The second-order valence-electron chi connectivity index (χ2n) is 5.29. The third-order valence-corrected chi connectivity index (χ3v) is 3.35. The fourth-order valence-corrected chi connectivity index (χ4v) is 2.80. The topological polar surface area (TPSA) is 55.1 Å². The number of nitrogens with one attached hydrogen (secondary N) is 1. The summed E-state index contributed by atoms with van der Waals surface area (Å²) in [5, 5.41) is 2.96. The molecule has 0 spiro atoms. The Morgan fingerprint density at radius 2 is 2.00 bits per heavy atom. The first-order valence-corrected chi connectivity index (χ1v) is 6.05. The molecule has 0 radical (unpaired) electrons. The van der Waals surface area contributed by atoms with Crippen LogP contribution >= 0.6 is 0 Å². The molecule has 3 heteroatoms. The molecule has 0 bridgehead atoms. The molecular formula is C12H24N2O. The summed E-state index contributed by atoms with van der Waals surface area (Å²) in [5.74, 6) is 0.683. The molecule has 1 saturated carbocycles. The largest absolute Gasteiger partial charge is 0.354 e. The summed E-state index contributed by atoms with van der Waals surface area (Å²) < 4.78 is 0. The van der Waals surface area contributed by atoms with Gasteiger partial charge in [-0.15, -0.1) is 0 Å². The van der Waals surface area contributed by atoms with E-state index >= 15 is 0 Å². The van der Waals surface area contributed by atoms with E-state index in [-0.39, 0.29) is 12.5 Å². The number of amides is 1. The van der Waals surface area contributed by atoms with Gasteiger partial charge < -0.3 is 11.1 Å². The van der Waals surface area contributed by atoms with Crippen LogP contribution in [0.25, 0.3) is 0 Å². The predicted molar refractivity (Wildman–Crippen MR) is 62.4 cm³/mol. The van der Waals surface area contributed by atoms with Crippen LogP contribution in [0.15, 0.2) is 0 Å². The Kier molecular flexibility index (Phi) is 4.58. The molecule has 1 rings (SSSR count). The molecule has 0 heterocycles. The van der Waals surface area contributed by atoms with Crippen LogP contribution in [0.5, 0.6) is 0 Å². The standard InChI is InChI=1S/C12H24N2O/c1-10(2)7-12(5-3-4-6-12)9-14-11(15)8-13/h10H,3-9,13H2,1-2H3,(H,14,15). The van der Waals surface area contributed by atoms with E-state index in [9.17, 15) is 4.79 Å². The van der Waals surface area contributed by atoms with Crippen molar-refractivity contribution in [2.45, 2.75) is 46.0 Å². The highest BCUT2D eigenvalue weighted by Gasteiger charge is 2.34. The van der Waals surface area contributed by atoms with Gasteiger partial charge in [0.15, 0.2) is 0 Å². The third-order valence-electron chi connectivity index (χ3n) is 3.35. The van der Waals surface area contributed by atoms with Gasteiger partial charge in [-0.1, -0.05) is 26.7 Å². The summed E-state index contributed by atoms with van der Waals surface area (Å²) in [4.78, 5) is 11.2. The van der Waals surface area contributed by atoms with Gasteiger partial charge in [-0.2, -0.15) is 0 Å². The van der Waals surface area contributed by atoms with Gasteiger partial charge in [0.2, 0.25) is 5.91 Å². The Labute approximate surface area is 92.8 Å². The lowest BCUT2D eigenvalue weighted by Crippen LogP contribution is -2.39. The number of nitrogens with two attached hydrogens (primary N) is 1. The van der Waals surface area contributed by atoms with E-state index in [0.29, 0.717) is 11.3 Å². The van der Waals surface area contributed by atoms with Crippen LogP contribution < -0.4 is 11.1 Å². The van der Waals surface area contributed by atoms with Crippen LogP contribution in [-0.2, 0) is 4.79 Å². The minimum Gasteiger partial charge on any atom is -0.354 e. The summed E-state index contributed by atoms with van der Waals surface area (Å²) in [5.41, 5.74) is 5.65. The van der Waals surface area contributed by atoms with Crippen molar-refractivity contribution in [3.05, 3.63) is 0 Å². The van der Waals surface area contributed by atoms with E-state index in [1.165, 1.54) is 32.1 Å². The van der Waals surface area contributed by atoms with E-state index in [4.69, 9.17) is 5.73 Å². The molecule has 0 aromatic heterocycles. The Morgan fingerprint density at radius 1 is 1.40 bits per heavy atom. The molecule has 88 valence electrons. The van der Waals surface area contributed by atoms with Crippen LogP contribution in [0, 0.1) is 11.3 Å². The zero-order valence-corrected chi connectivity index (χ0v) is 10.0. The summed E-state index contributed by atoms with van der Waals surface area (Å²) >= 11 is 0. The average molecular weight is 212 g/mol.